The highest BCUT2D eigenvalue weighted by Crippen LogP contribution is 2.18. The summed E-state index contributed by atoms with van der Waals surface area (Å²) in [5.74, 6) is 0. The minimum absolute atomic E-state index is 0.126. The van der Waals surface area contributed by atoms with Crippen molar-refractivity contribution < 1.29 is 12.7 Å². The average Bonchev–Trinajstić information content (AvgIpc) is 2.39. The highest BCUT2D eigenvalue weighted by Gasteiger charge is 2.19. The fraction of sp³-hybridized carbons (Fsp3) is 0.143. The van der Waals surface area contributed by atoms with E-state index < -0.39 is 10.1 Å². The largest absolute Gasteiger partial charge is 0.313 e. The van der Waals surface area contributed by atoms with E-state index >= 15 is 0 Å². The number of rotatable bonds is 5. The van der Waals surface area contributed by atoms with Gasteiger partial charge in [0.15, 0.2) is 0 Å². The molecular weight excluding hydrogens is 342 g/mol. The lowest BCUT2D eigenvalue weighted by Gasteiger charge is -2.13. The van der Waals surface area contributed by atoms with Crippen LogP contribution in [0.25, 0.3) is 0 Å². The van der Waals surface area contributed by atoms with Crippen molar-refractivity contribution in [3.05, 3.63) is 65.7 Å². The number of halogens is 1. The van der Waals surface area contributed by atoms with Crippen LogP contribution in [0.3, 0.4) is 0 Å². The molecule has 0 aromatic heterocycles. The lowest BCUT2D eigenvalue weighted by atomic mass is 10.2. The van der Waals surface area contributed by atoms with Gasteiger partial charge in [-0.25, -0.2) is 0 Å². The molecule has 0 fully saturated rings. The van der Waals surface area contributed by atoms with Crippen LogP contribution in [-0.4, -0.2) is 12.5 Å². The molecule has 0 atom stereocenters. The molecule has 0 aliphatic carbocycles. The van der Waals surface area contributed by atoms with Crippen LogP contribution in [0.1, 0.15) is 11.1 Å². The van der Waals surface area contributed by atoms with Gasteiger partial charge in [-0.2, -0.15) is 12.7 Å². The molecule has 0 heterocycles. The minimum Gasteiger partial charge on any atom is -0.192 e. The highest BCUT2D eigenvalue weighted by molar-refractivity contribution is 9.07. The number of hydrogen-bond donors (Lipinski definition) is 0. The first-order chi connectivity index (χ1) is 9.47. The van der Waals surface area contributed by atoms with Crippen molar-refractivity contribution in [3.8, 4) is 0 Å². The predicted octanol–water partition coefficient (Wildman–Crippen LogP) is 3.43. The third-order valence-corrected chi connectivity index (χ3v) is 4.45. The van der Waals surface area contributed by atoms with E-state index in [2.05, 4.69) is 16.1 Å². The lowest BCUT2D eigenvalue weighted by Crippen LogP contribution is -2.18. The summed E-state index contributed by atoms with van der Waals surface area (Å²) in [5, 5.41) is 0. The Bertz CT molecular complexity index is 657. The summed E-state index contributed by atoms with van der Waals surface area (Å²) in [6.07, 6.45) is 0. The van der Waals surface area contributed by atoms with E-state index in [4.69, 9.17) is 4.28 Å². The van der Waals surface area contributed by atoms with Gasteiger partial charge < -0.3 is 0 Å². The van der Waals surface area contributed by atoms with E-state index in [1.165, 1.54) is 12.1 Å². The number of benzene rings is 2. The van der Waals surface area contributed by atoms with Crippen molar-refractivity contribution >= 4 is 26.3 Å². The van der Waals surface area contributed by atoms with Crippen molar-refractivity contribution in [1.82, 2.24) is 4.09 Å². The van der Waals surface area contributed by atoms with E-state index in [0.29, 0.717) is 6.54 Å². The smallest absolute Gasteiger partial charge is 0.192 e. The molecule has 0 amide bonds. The zero-order valence-corrected chi connectivity index (χ0v) is 13.3. The van der Waals surface area contributed by atoms with E-state index in [-0.39, 0.29) is 4.90 Å². The summed E-state index contributed by atoms with van der Waals surface area (Å²) < 4.78 is 30.2. The summed E-state index contributed by atoms with van der Waals surface area (Å²) in [7, 11) is -3.82. The molecule has 0 aliphatic heterocycles. The van der Waals surface area contributed by atoms with Gasteiger partial charge in [0.25, 0.3) is 0 Å². The molecule has 0 bridgehead atoms. The second-order valence-electron chi connectivity index (χ2n) is 4.30. The first-order valence-corrected chi connectivity index (χ1v) is 8.08. The van der Waals surface area contributed by atoms with Gasteiger partial charge in [0, 0.05) is 16.1 Å². The first-order valence-electron chi connectivity index (χ1n) is 5.96. The fourth-order valence-corrected chi connectivity index (χ4v) is 3.19. The minimum atomic E-state index is -3.82. The van der Waals surface area contributed by atoms with Gasteiger partial charge in [-0.1, -0.05) is 48.0 Å². The molecule has 2 rings (SSSR count). The Morgan fingerprint density at radius 1 is 1.05 bits per heavy atom. The Balaban J connectivity index is 2.06. The second kappa shape index (κ2) is 6.49. The molecule has 0 saturated heterocycles. The molecule has 6 heteroatoms. The SMILES string of the molecule is Cc1ccc(S(=O)(=O)ON(Br)Cc2ccccc2)cc1. The number of hydrogen-bond acceptors (Lipinski definition) is 4. The maximum absolute atomic E-state index is 12.1. The summed E-state index contributed by atoms with van der Waals surface area (Å²) in [4.78, 5) is 0.126. The number of nitrogens with zero attached hydrogens (tertiary/aromatic N) is 1. The Hall–Kier alpha value is -1.21. The molecule has 20 heavy (non-hydrogen) atoms. The second-order valence-corrected chi connectivity index (χ2v) is 6.62. The lowest BCUT2D eigenvalue weighted by molar-refractivity contribution is 0.0612. The molecule has 2 aromatic rings. The zero-order chi connectivity index (χ0) is 14.6. The van der Waals surface area contributed by atoms with Crippen molar-refractivity contribution in [2.75, 3.05) is 0 Å². The topological polar surface area (TPSA) is 46.6 Å². The van der Waals surface area contributed by atoms with Crippen molar-refractivity contribution in [1.29, 1.82) is 0 Å². The number of hydroxylamine groups is 1. The van der Waals surface area contributed by atoms with E-state index in [0.717, 1.165) is 15.2 Å². The monoisotopic (exact) mass is 355 g/mol. The Morgan fingerprint density at radius 3 is 2.25 bits per heavy atom. The fourth-order valence-electron chi connectivity index (χ4n) is 1.61. The third-order valence-electron chi connectivity index (χ3n) is 2.64. The number of aryl methyl sites for hydroxylation is 1. The van der Waals surface area contributed by atoms with Crippen LogP contribution < -0.4 is 0 Å². The van der Waals surface area contributed by atoms with E-state index in [1.807, 2.05) is 37.3 Å². The summed E-state index contributed by atoms with van der Waals surface area (Å²) in [5.41, 5.74) is 1.92. The predicted molar refractivity (Wildman–Crippen MR) is 80.4 cm³/mol. The Kier molecular flexibility index (Phi) is 4.93. The molecule has 0 aliphatic rings. The van der Waals surface area contributed by atoms with E-state index in [1.54, 1.807) is 12.1 Å². The summed E-state index contributed by atoms with van der Waals surface area (Å²) >= 11 is 3.09. The maximum Gasteiger partial charge on any atom is 0.313 e. The van der Waals surface area contributed by atoms with Crippen LogP contribution >= 0.6 is 16.1 Å². The Labute approximate surface area is 127 Å². The Morgan fingerprint density at radius 2 is 1.65 bits per heavy atom. The van der Waals surface area contributed by atoms with Gasteiger partial charge in [0.1, 0.15) is 0 Å². The molecular formula is C14H14BrNO3S. The van der Waals surface area contributed by atoms with E-state index in [9.17, 15) is 8.42 Å². The van der Waals surface area contributed by atoms with Gasteiger partial charge in [0.2, 0.25) is 0 Å². The normalized spacial score (nSPS) is 11.8. The molecule has 0 radical (unpaired) electrons. The van der Waals surface area contributed by atoms with Gasteiger partial charge >= 0.3 is 10.1 Å². The molecule has 106 valence electrons. The van der Waals surface area contributed by atoms with Crippen molar-refractivity contribution in [2.45, 2.75) is 18.4 Å². The molecule has 0 spiro atoms. The molecule has 4 nitrogen and oxygen atoms in total. The molecule has 2 aromatic carbocycles. The van der Waals surface area contributed by atoms with Crippen LogP contribution in [0.4, 0.5) is 0 Å². The average molecular weight is 356 g/mol. The highest BCUT2D eigenvalue weighted by atomic mass is 79.9. The molecule has 0 saturated carbocycles. The maximum atomic E-state index is 12.1. The first kappa shape index (κ1) is 15.2. The zero-order valence-electron chi connectivity index (χ0n) is 10.9. The van der Waals surface area contributed by atoms with Crippen LogP contribution in [-0.2, 0) is 20.9 Å². The van der Waals surface area contributed by atoms with Crippen LogP contribution in [0.5, 0.6) is 0 Å². The van der Waals surface area contributed by atoms with Crippen LogP contribution in [0, 0.1) is 6.92 Å². The molecule has 0 unspecified atom stereocenters. The molecule has 0 N–H and O–H groups in total. The van der Waals surface area contributed by atoms with Crippen molar-refractivity contribution in [3.63, 3.8) is 0 Å². The standard InChI is InChI=1S/C14H14BrNO3S/c1-12-7-9-14(10-8-12)20(17,18)19-16(15)11-13-5-3-2-4-6-13/h2-10H,11H2,1H3. The van der Waals surface area contributed by atoms with Crippen LogP contribution in [0.15, 0.2) is 59.5 Å². The van der Waals surface area contributed by atoms with Gasteiger partial charge in [-0.15, -0.1) is 4.09 Å². The third kappa shape index (κ3) is 4.14. The van der Waals surface area contributed by atoms with Crippen molar-refractivity contribution in [2.24, 2.45) is 0 Å². The summed E-state index contributed by atoms with van der Waals surface area (Å²) in [6.45, 7) is 2.20. The quantitative estimate of drug-likeness (QED) is 0.608. The van der Waals surface area contributed by atoms with Gasteiger partial charge in [-0.3, -0.25) is 0 Å². The van der Waals surface area contributed by atoms with Crippen LogP contribution in [0.2, 0.25) is 0 Å². The van der Waals surface area contributed by atoms with Gasteiger partial charge in [-0.05, 0) is 24.6 Å². The summed E-state index contributed by atoms with van der Waals surface area (Å²) in [6, 6.07) is 15.9. The van der Waals surface area contributed by atoms with Gasteiger partial charge in [0.05, 0.1) is 11.4 Å².